The molecule has 0 aliphatic heterocycles. The number of furan rings is 1. The molecule has 2 heterocycles. The number of rotatable bonds is 3. The molecule has 3 rings (SSSR count). The van der Waals surface area contributed by atoms with E-state index in [1.165, 1.54) is 23.5 Å². The number of hydrogen-bond donors (Lipinski definition) is 0. The van der Waals surface area contributed by atoms with Gasteiger partial charge in [-0.1, -0.05) is 0 Å². The molecule has 0 spiro atoms. The van der Waals surface area contributed by atoms with Crippen LogP contribution < -0.4 is 4.80 Å². The van der Waals surface area contributed by atoms with E-state index < -0.39 is 0 Å². The fourth-order valence-electron chi connectivity index (χ4n) is 2.05. The zero-order chi connectivity index (χ0) is 15.5. The Morgan fingerprint density at radius 2 is 2.00 bits per heavy atom. The van der Waals surface area contributed by atoms with E-state index in [1.54, 1.807) is 30.1 Å². The van der Waals surface area contributed by atoms with Crippen LogP contribution in [-0.2, 0) is 0 Å². The zero-order valence-corrected chi connectivity index (χ0v) is 13.0. The lowest BCUT2D eigenvalue weighted by Gasteiger charge is -2.05. The van der Waals surface area contributed by atoms with Gasteiger partial charge in [-0.2, -0.15) is 5.10 Å². The van der Waals surface area contributed by atoms with Crippen LogP contribution in [0.5, 0.6) is 0 Å². The molecule has 0 aliphatic carbocycles. The molecule has 6 heteroatoms. The Labute approximate surface area is 130 Å². The number of aromatic nitrogens is 1. The average Bonchev–Trinajstić information content (AvgIpc) is 3.17. The van der Waals surface area contributed by atoms with E-state index in [4.69, 9.17) is 4.42 Å². The Balaban J connectivity index is 2.12. The summed E-state index contributed by atoms with van der Waals surface area (Å²) >= 11 is 1.48. The highest BCUT2D eigenvalue weighted by Gasteiger charge is 2.09. The van der Waals surface area contributed by atoms with Crippen molar-refractivity contribution in [2.24, 2.45) is 10.1 Å². The molecule has 1 aromatic carbocycles. The van der Waals surface area contributed by atoms with Gasteiger partial charge in [-0.25, -0.2) is 9.07 Å². The van der Waals surface area contributed by atoms with Crippen molar-refractivity contribution in [2.75, 3.05) is 7.05 Å². The van der Waals surface area contributed by atoms with E-state index in [0.717, 1.165) is 21.8 Å². The quantitative estimate of drug-likeness (QED) is 0.679. The van der Waals surface area contributed by atoms with E-state index in [2.05, 4.69) is 10.1 Å². The fourth-order valence-corrected chi connectivity index (χ4v) is 2.85. The highest BCUT2D eigenvalue weighted by Crippen LogP contribution is 2.20. The molecular weight excluding hydrogens is 301 g/mol. The average molecular weight is 315 g/mol. The van der Waals surface area contributed by atoms with E-state index in [0.29, 0.717) is 5.76 Å². The van der Waals surface area contributed by atoms with Gasteiger partial charge in [-0.3, -0.25) is 4.99 Å². The second kappa shape index (κ2) is 6.11. The van der Waals surface area contributed by atoms with Crippen LogP contribution in [0, 0.1) is 5.82 Å². The summed E-state index contributed by atoms with van der Waals surface area (Å²) < 4.78 is 20.2. The minimum atomic E-state index is -0.263. The first-order chi connectivity index (χ1) is 10.7. The highest BCUT2D eigenvalue weighted by molar-refractivity contribution is 7.07. The predicted octanol–water partition coefficient (Wildman–Crippen LogP) is 3.75. The third kappa shape index (κ3) is 2.78. The van der Waals surface area contributed by atoms with Crippen LogP contribution in [-0.4, -0.2) is 17.4 Å². The van der Waals surface area contributed by atoms with E-state index in [-0.39, 0.29) is 5.82 Å². The molecule has 0 bridgehead atoms. The lowest BCUT2D eigenvalue weighted by Crippen LogP contribution is -2.13. The molecule has 0 saturated heterocycles. The predicted molar refractivity (Wildman–Crippen MR) is 85.5 cm³/mol. The van der Waals surface area contributed by atoms with Crippen LogP contribution >= 0.6 is 11.3 Å². The first-order valence-electron chi connectivity index (χ1n) is 6.68. The largest absolute Gasteiger partial charge is 0.463 e. The third-order valence-electron chi connectivity index (χ3n) is 3.14. The molecule has 0 saturated carbocycles. The summed E-state index contributed by atoms with van der Waals surface area (Å²) in [5, 5.41) is 6.55. The van der Waals surface area contributed by atoms with Crippen molar-refractivity contribution in [3.8, 4) is 11.3 Å². The van der Waals surface area contributed by atoms with Gasteiger partial charge in [-0.05, 0) is 43.3 Å². The summed E-state index contributed by atoms with van der Waals surface area (Å²) in [4.78, 5) is 4.99. The maximum Gasteiger partial charge on any atom is 0.205 e. The van der Waals surface area contributed by atoms with Gasteiger partial charge in [0.05, 0.1) is 12.0 Å². The molecule has 3 aromatic rings. The smallest absolute Gasteiger partial charge is 0.205 e. The zero-order valence-electron chi connectivity index (χ0n) is 12.2. The summed E-state index contributed by atoms with van der Waals surface area (Å²) in [6.07, 6.45) is 1.61. The van der Waals surface area contributed by atoms with Gasteiger partial charge in [0.1, 0.15) is 17.3 Å². The molecular formula is C16H14FN3OS. The summed E-state index contributed by atoms with van der Waals surface area (Å²) in [6, 6.07) is 9.99. The third-order valence-corrected chi connectivity index (χ3v) is 4.05. The molecule has 2 aromatic heterocycles. The standard InChI is InChI=1S/C16H14FN3OS/c1-11(15-4-3-9-21-15)19-20-14(10-22-16(20)18-2)12-5-7-13(17)8-6-12/h3-10H,1-2H3. The number of thiazole rings is 1. The van der Waals surface area contributed by atoms with Gasteiger partial charge >= 0.3 is 0 Å². The molecule has 22 heavy (non-hydrogen) atoms. The lowest BCUT2D eigenvalue weighted by molar-refractivity contribution is 0.556. The van der Waals surface area contributed by atoms with Crippen LogP contribution in [0.3, 0.4) is 0 Å². The Hall–Kier alpha value is -2.47. The van der Waals surface area contributed by atoms with Gasteiger partial charge in [-0.15, -0.1) is 11.3 Å². The Morgan fingerprint density at radius 3 is 2.64 bits per heavy atom. The maximum absolute atomic E-state index is 13.1. The molecule has 0 amide bonds. The van der Waals surface area contributed by atoms with E-state index in [1.807, 2.05) is 24.4 Å². The van der Waals surface area contributed by atoms with Gasteiger partial charge in [0.15, 0.2) is 0 Å². The fraction of sp³-hybridized carbons (Fsp3) is 0.125. The number of benzene rings is 1. The molecule has 0 radical (unpaired) electrons. The van der Waals surface area contributed by atoms with Crippen molar-refractivity contribution in [3.63, 3.8) is 0 Å². The molecule has 0 N–H and O–H groups in total. The maximum atomic E-state index is 13.1. The minimum Gasteiger partial charge on any atom is -0.463 e. The Kier molecular flexibility index (Phi) is 4.02. The number of nitrogens with zero attached hydrogens (tertiary/aromatic N) is 3. The van der Waals surface area contributed by atoms with Crippen LogP contribution in [0.4, 0.5) is 4.39 Å². The topological polar surface area (TPSA) is 42.8 Å². The van der Waals surface area contributed by atoms with Crippen molar-refractivity contribution in [2.45, 2.75) is 6.92 Å². The SMILES string of the molecule is CN=c1scc(-c2ccc(F)cc2)n1N=C(C)c1ccco1. The number of halogens is 1. The Morgan fingerprint density at radius 1 is 1.23 bits per heavy atom. The first-order valence-corrected chi connectivity index (χ1v) is 7.56. The van der Waals surface area contributed by atoms with Gasteiger partial charge in [0, 0.05) is 18.0 Å². The second-order valence-electron chi connectivity index (χ2n) is 4.61. The van der Waals surface area contributed by atoms with Crippen molar-refractivity contribution in [3.05, 3.63) is 64.4 Å². The summed E-state index contributed by atoms with van der Waals surface area (Å²) in [5.41, 5.74) is 2.47. The summed E-state index contributed by atoms with van der Waals surface area (Å²) in [6.45, 7) is 1.87. The summed E-state index contributed by atoms with van der Waals surface area (Å²) in [7, 11) is 1.72. The second-order valence-corrected chi connectivity index (χ2v) is 5.45. The van der Waals surface area contributed by atoms with Crippen LogP contribution in [0.2, 0.25) is 0 Å². The van der Waals surface area contributed by atoms with E-state index in [9.17, 15) is 4.39 Å². The monoisotopic (exact) mass is 315 g/mol. The summed E-state index contributed by atoms with van der Waals surface area (Å²) in [5.74, 6) is 0.437. The lowest BCUT2D eigenvalue weighted by atomic mass is 10.2. The van der Waals surface area contributed by atoms with Crippen molar-refractivity contribution in [1.29, 1.82) is 0 Å². The molecule has 4 nitrogen and oxygen atoms in total. The van der Waals surface area contributed by atoms with Crippen LogP contribution in [0.15, 0.2) is 62.6 Å². The molecule has 112 valence electrons. The van der Waals surface area contributed by atoms with Crippen molar-refractivity contribution >= 4 is 17.0 Å². The van der Waals surface area contributed by atoms with E-state index >= 15 is 0 Å². The van der Waals surface area contributed by atoms with Crippen LogP contribution in [0.1, 0.15) is 12.7 Å². The molecule has 0 aliphatic rings. The molecule has 0 fully saturated rings. The van der Waals surface area contributed by atoms with Gasteiger partial charge in [0.25, 0.3) is 0 Å². The minimum absolute atomic E-state index is 0.263. The van der Waals surface area contributed by atoms with Crippen LogP contribution in [0.25, 0.3) is 11.3 Å². The van der Waals surface area contributed by atoms with Crippen molar-refractivity contribution < 1.29 is 8.81 Å². The Bertz CT molecular complexity index is 858. The van der Waals surface area contributed by atoms with Gasteiger partial charge in [0.2, 0.25) is 4.80 Å². The number of hydrogen-bond acceptors (Lipinski definition) is 4. The molecule has 0 atom stereocenters. The highest BCUT2D eigenvalue weighted by atomic mass is 32.1. The normalized spacial score (nSPS) is 12.9. The molecule has 0 unspecified atom stereocenters. The van der Waals surface area contributed by atoms with Gasteiger partial charge < -0.3 is 4.42 Å². The van der Waals surface area contributed by atoms with Crippen molar-refractivity contribution in [1.82, 2.24) is 4.68 Å². The first kappa shape index (κ1) is 14.5.